The van der Waals surface area contributed by atoms with Crippen molar-refractivity contribution in [1.82, 2.24) is 9.71 Å². The minimum atomic E-state index is -3.64. The average molecular weight is 472 g/mol. The van der Waals surface area contributed by atoms with E-state index in [2.05, 4.69) is 38.9 Å². The lowest BCUT2D eigenvalue weighted by Gasteiger charge is -2.36. The van der Waals surface area contributed by atoms with E-state index < -0.39 is 10.0 Å². The van der Waals surface area contributed by atoms with Gasteiger partial charge in [-0.1, -0.05) is 54.6 Å². The minimum Gasteiger partial charge on any atom is -0.493 e. The van der Waals surface area contributed by atoms with Crippen molar-refractivity contribution in [3.8, 4) is 17.0 Å². The summed E-state index contributed by atoms with van der Waals surface area (Å²) in [5, 5.41) is 9.52. The quantitative estimate of drug-likeness (QED) is 0.437. The highest BCUT2D eigenvalue weighted by molar-refractivity contribution is 7.89. The molecule has 0 spiro atoms. The Hall–Kier alpha value is -3.68. The van der Waals surface area contributed by atoms with Crippen LogP contribution in [0.4, 0.5) is 5.69 Å². The monoisotopic (exact) mass is 471 g/mol. The highest BCUT2D eigenvalue weighted by Gasteiger charge is 2.28. The molecule has 1 atom stereocenters. The Bertz CT molecular complexity index is 1380. The molecule has 172 valence electrons. The molecule has 1 aliphatic rings. The summed E-state index contributed by atoms with van der Waals surface area (Å²) in [6, 6.07) is 28.0. The van der Waals surface area contributed by atoms with Crippen LogP contribution in [0.2, 0.25) is 0 Å². The van der Waals surface area contributed by atoms with Crippen molar-refractivity contribution < 1.29 is 13.5 Å². The van der Waals surface area contributed by atoms with Gasteiger partial charge in [-0.2, -0.15) is 0 Å². The van der Waals surface area contributed by atoms with Crippen molar-refractivity contribution in [2.24, 2.45) is 0 Å². The van der Waals surface area contributed by atoms with Crippen LogP contribution in [-0.2, 0) is 23.0 Å². The fourth-order valence-corrected chi connectivity index (χ4v) is 5.66. The van der Waals surface area contributed by atoms with Gasteiger partial charge in [0.25, 0.3) is 0 Å². The first-order valence-electron chi connectivity index (χ1n) is 11.1. The van der Waals surface area contributed by atoms with E-state index in [-0.39, 0.29) is 16.8 Å². The highest BCUT2D eigenvalue weighted by Crippen LogP contribution is 2.33. The van der Waals surface area contributed by atoms with Crippen molar-refractivity contribution in [2.45, 2.75) is 23.9 Å². The maximum Gasteiger partial charge on any atom is 0.240 e. The molecule has 0 aliphatic carbocycles. The smallest absolute Gasteiger partial charge is 0.240 e. The van der Waals surface area contributed by atoms with Crippen LogP contribution in [0.3, 0.4) is 0 Å². The first-order chi connectivity index (χ1) is 16.5. The molecule has 0 fully saturated rings. The summed E-state index contributed by atoms with van der Waals surface area (Å²) in [7, 11) is -3.64. The second-order valence-electron chi connectivity index (χ2n) is 8.45. The van der Waals surface area contributed by atoms with E-state index in [1.165, 1.54) is 0 Å². The molecule has 1 unspecified atom stereocenters. The lowest BCUT2D eigenvalue weighted by atomic mass is 9.94. The van der Waals surface area contributed by atoms with Crippen LogP contribution in [0.15, 0.2) is 102 Å². The van der Waals surface area contributed by atoms with E-state index in [1.807, 2.05) is 30.3 Å². The van der Waals surface area contributed by atoms with Crippen molar-refractivity contribution in [3.63, 3.8) is 0 Å². The number of aromatic nitrogens is 1. The summed E-state index contributed by atoms with van der Waals surface area (Å²) < 4.78 is 29.0. The van der Waals surface area contributed by atoms with Gasteiger partial charge in [0, 0.05) is 42.6 Å². The van der Waals surface area contributed by atoms with Gasteiger partial charge >= 0.3 is 0 Å². The van der Waals surface area contributed by atoms with Gasteiger partial charge in [-0.25, -0.2) is 18.1 Å². The van der Waals surface area contributed by atoms with Gasteiger partial charge in [0.2, 0.25) is 15.9 Å². The summed E-state index contributed by atoms with van der Waals surface area (Å²) in [4.78, 5) is 6.48. The number of aromatic hydroxyl groups is 1. The van der Waals surface area contributed by atoms with Crippen molar-refractivity contribution in [3.05, 3.63) is 108 Å². The normalized spacial score (nSPS) is 15.6. The van der Waals surface area contributed by atoms with E-state index in [0.717, 1.165) is 27.9 Å². The van der Waals surface area contributed by atoms with Gasteiger partial charge in [-0.3, -0.25) is 0 Å². The lowest BCUT2D eigenvalue weighted by Crippen LogP contribution is -2.48. The molecular weight excluding hydrogens is 446 g/mol. The number of sulfonamides is 1. The summed E-state index contributed by atoms with van der Waals surface area (Å²) in [6.45, 7) is 1.24. The molecule has 3 aromatic carbocycles. The first-order valence-corrected chi connectivity index (χ1v) is 12.6. The third-order valence-corrected chi connectivity index (χ3v) is 7.54. The molecule has 34 heavy (non-hydrogen) atoms. The third-order valence-electron chi connectivity index (χ3n) is 6.00. The molecule has 1 aromatic heterocycles. The molecule has 0 bridgehead atoms. The molecule has 0 radical (unpaired) electrons. The van der Waals surface area contributed by atoms with Gasteiger partial charge in [-0.05, 0) is 53.4 Å². The zero-order valence-corrected chi connectivity index (χ0v) is 19.3. The zero-order valence-electron chi connectivity index (χ0n) is 18.5. The van der Waals surface area contributed by atoms with E-state index >= 15 is 0 Å². The average Bonchev–Trinajstić information content (AvgIpc) is 2.85. The molecule has 4 aromatic rings. The summed E-state index contributed by atoms with van der Waals surface area (Å²) in [5.74, 6) is -0.0221. The third kappa shape index (κ3) is 4.81. The van der Waals surface area contributed by atoms with Crippen molar-refractivity contribution >= 4 is 15.7 Å². The minimum absolute atomic E-state index is 0.0221. The maximum atomic E-state index is 13.0. The van der Waals surface area contributed by atoms with Crippen LogP contribution in [0.5, 0.6) is 5.88 Å². The number of hydrogen-bond acceptors (Lipinski definition) is 5. The fraction of sp³-hybridized carbons (Fsp3) is 0.148. The number of nitrogens with one attached hydrogen (secondary N) is 1. The molecule has 2 heterocycles. The molecular formula is C27H25N3O3S. The standard InChI is InChI=1S/C27H25N3O3S/c31-27-14-12-22(17-28-27)21-11-13-26-23(15-21)16-24(19-30(26)18-20-7-3-1-4-8-20)29-34(32,33)25-9-5-2-6-10-25/h1-15,17,24,29H,16,18-19H2,(H,28,31). The van der Waals surface area contributed by atoms with Crippen LogP contribution in [0, 0.1) is 0 Å². The Morgan fingerprint density at radius 3 is 2.32 bits per heavy atom. The number of nitrogens with zero attached hydrogens (tertiary/aromatic N) is 2. The summed E-state index contributed by atoms with van der Waals surface area (Å²) in [5.41, 5.74) is 5.18. The van der Waals surface area contributed by atoms with Crippen LogP contribution < -0.4 is 9.62 Å². The van der Waals surface area contributed by atoms with Crippen LogP contribution in [-0.4, -0.2) is 31.1 Å². The van der Waals surface area contributed by atoms with Crippen LogP contribution >= 0.6 is 0 Å². The van der Waals surface area contributed by atoms with E-state index in [4.69, 9.17) is 0 Å². The zero-order chi connectivity index (χ0) is 23.5. The second-order valence-corrected chi connectivity index (χ2v) is 10.2. The maximum absolute atomic E-state index is 13.0. The molecule has 2 N–H and O–H groups in total. The predicted octanol–water partition coefficient (Wildman–Crippen LogP) is 4.36. The number of rotatable bonds is 6. The molecule has 0 saturated heterocycles. The molecule has 0 saturated carbocycles. The molecule has 1 aliphatic heterocycles. The van der Waals surface area contributed by atoms with Gasteiger partial charge in [0.15, 0.2) is 0 Å². The molecule has 7 heteroatoms. The van der Waals surface area contributed by atoms with E-state index in [9.17, 15) is 13.5 Å². The highest BCUT2D eigenvalue weighted by atomic mass is 32.2. The molecule has 6 nitrogen and oxygen atoms in total. The van der Waals surface area contributed by atoms with Crippen LogP contribution in [0.1, 0.15) is 11.1 Å². The second kappa shape index (κ2) is 9.29. The number of fused-ring (bicyclic) bond motifs is 1. The molecule has 5 rings (SSSR count). The van der Waals surface area contributed by atoms with Crippen molar-refractivity contribution in [1.29, 1.82) is 0 Å². The Labute approximate surface area is 199 Å². The van der Waals surface area contributed by atoms with Gasteiger partial charge < -0.3 is 10.0 Å². The van der Waals surface area contributed by atoms with Crippen molar-refractivity contribution in [2.75, 3.05) is 11.4 Å². The number of hydrogen-bond donors (Lipinski definition) is 2. The fourth-order valence-electron chi connectivity index (χ4n) is 4.41. The number of benzene rings is 3. The van der Waals surface area contributed by atoms with E-state index in [0.29, 0.717) is 19.5 Å². The molecule has 0 amide bonds. The van der Waals surface area contributed by atoms with E-state index in [1.54, 1.807) is 42.6 Å². The van der Waals surface area contributed by atoms with Gasteiger partial charge in [-0.15, -0.1) is 0 Å². The lowest BCUT2D eigenvalue weighted by molar-refractivity contribution is 0.453. The topological polar surface area (TPSA) is 82.5 Å². The largest absolute Gasteiger partial charge is 0.493 e. The Morgan fingerprint density at radius 1 is 0.912 bits per heavy atom. The first kappa shape index (κ1) is 22.1. The Balaban J connectivity index is 1.48. The Morgan fingerprint density at radius 2 is 1.62 bits per heavy atom. The van der Waals surface area contributed by atoms with Crippen LogP contribution in [0.25, 0.3) is 11.1 Å². The summed E-state index contributed by atoms with van der Waals surface area (Å²) >= 11 is 0. The number of pyridine rings is 1. The SMILES string of the molecule is O=S(=O)(NC1Cc2cc(-c3ccc(O)nc3)ccc2N(Cc2ccccc2)C1)c1ccccc1. The van der Waals surface area contributed by atoms with Gasteiger partial charge in [0.1, 0.15) is 0 Å². The van der Waals surface area contributed by atoms with Gasteiger partial charge in [0.05, 0.1) is 4.90 Å². The Kier molecular flexibility index (Phi) is 6.04. The predicted molar refractivity (Wildman–Crippen MR) is 133 cm³/mol. The summed E-state index contributed by atoms with van der Waals surface area (Å²) in [6.07, 6.45) is 2.21. The number of anilines is 1.